The summed E-state index contributed by atoms with van der Waals surface area (Å²) >= 11 is 4.84. The Kier molecular flexibility index (Phi) is 5.99. The fraction of sp³-hybridized carbons (Fsp3) is 0.875. The molecule has 4 nitrogen and oxygen atoms in total. The molecule has 21 heavy (non-hydrogen) atoms. The van der Waals surface area contributed by atoms with E-state index in [0.29, 0.717) is 24.4 Å². The molecule has 2 bridgehead atoms. The minimum Gasteiger partial charge on any atom is -0.393 e. The molecule has 120 valence electrons. The molecule has 0 aromatic heterocycles. The molecule has 0 aromatic rings. The van der Waals surface area contributed by atoms with Crippen LogP contribution in [0.25, 0.3) is 0 Å². The summed E-state index contributed by atoms with van der Waals surface area (Å²) in [4.78, 5) is 16.6. The summed E-state index contributed by atoms with van der Waals surface area (Å²) in [7, 11) is 3.98. The molecular weight excluding hydrogens is 282 g/mol. The highest BCUT2D eigenvalue weighted by Gasteiger charge is 2.39. The molecule has 3 unspecified atom stereocenters. The largest absolute Gasteiger partial charge is 0.393 e. The lowest BCUT2D eigenvalue weighted by Crippen LogP contribution is -2.34. The predicted octanol–water partition coefficient (Wildman–Crippen LogP) is 1.88. The summed E-state index contributed by atoms with van der Waals surface area (Å²) in [5.74, 6) is 3.02. The van der Waals surface area contributed by atoms with Crippen molar-refractivity contribution >= 4 is 23.1 Å². The Balaban J connectivity index is 1.63. The molecule has 0 aromatic carbocycles. The van der Waals surface area contributed by atoms with Crippen molar-refractivity contribution in [3.63, 3.8) is 0 Å². The van der Waals surface area contributed by atoms with Crippen LogP contribution in [0.5, 0.6) is 0 Å². The summed E-state index contributed by atoms with van der Waals surface area (Å²) in [6, 6.07) is 0. The van der Waals surface area contributed by atoms with Gasteiger partial charge in [0.2, 0.25) is 5.91 Å². The van der Waals surface area contributed by atoms with Gasteiger partial charge in [0, 0.05) is 39.5 Å². The van der Waals surface area contributed by atoms with Crippen molar-refractivity contribution in [3.8, 4) is 0 Å². The summed E-state index contributed by atoms with van der Waals surface area (Å²) in [6.07, 6.45) is 6.96. The quantitative estimate of drug-likeness (QED) is 0.695. The average Bonchev–Trinajstić information content (AvgIpc) is 3.04. The first kappa shape index (κ1) is 16.7. The van der Waals surface area contributed by atoms with Gasteiger partial charge in [0.15, 0.2) is 0 Å². The van der Waals surface area contributed by atoms with Crippen LogP contribution in [0.15, 0.2) is 0 Å². The van der Waals surface area contributed by atoms with Crippen LogP contribution in [0, 0.1) is 17.8 Å². The highest BCUT2D eigenvalue weighted by atomic mass is 32.1. The highest BCUT2D eigenvalue weighted by molar-refractivity contribution is 7.80. The summed E-state index contributed by atoms with van der Waals surface area (Å²) in [5.41, 5.74) is 5.47. The van der Waals surface area contributed by atoms with Crippen LogP contribution < -0.4 is 5.73 Å². The van der Waals surface area contributed by atoms with Gasteiger partial charge < -0.3 is 15.5 Å². The lowest BCUT2D eigenvalue weighted by atomic mass is 9.88. The molecule has 2 fully saturated rings. The molecule has 0 spiro atoms. The molecule has 5 heteroatoms. The van der Waals surface area contributed by atoms with E-state index in [1.54, 1.807) is 4.90 Å². The van der Waals surface area contributed by atoms with Crippen LogP contribution in [0.4, 0.5) is 0 Å². The van der Waals surface area contributed by atoms with E-state index in [4.69, 9.17) is 18.0 Å². The van der Waals surface area contributed by atoms with Crippen molar-refractivity contribution in [2.24, 2.45) is 23.5 Å². The molecule has 1 amide bonds. The third kappa shape index (κ3) is 4.92. The number of hydrogen-bond donors (Lipinski definition) is 1. The third-order valence-electron chi connectivity index (χ3n) is 5.26. The van der Waals surface area contributed by atoms with Crippen molar-refractivity contribution in [1.82, 2.24) is 9.80 Å². The van der Waals surface area contributed by atoms with Crippen molar-refractivity contribution in [3.05, 3.63) is 0 Å². The Hall–Kier alpha value is -0.680. The van der Waals surface area contributed by atoms with Gasteiger partial charge in [0.1, 0.15) is 0 Å². The fourth-order valence-corrected chi connectivity index (χ4v) is 4.06. The average molecular weight is 311 g/mol. The van der Waals surface area contributed by atoms with E-state index < -0.39 is 0 Å². The van der Waals surface area contributed by atoms with Gasteiger partial charge in [0.05, 0.1) is 4.99 Å². The number of nitrogens with two attached hydrogens (primary N) is 1. The maximum Gasteiger partial charge on any atom is 0.223 e. The lowest BCUT2D eigenvalue weighted by Gasteiger charge is -2.27. The van der Waals surface area contributed by atoms with E-state index in [1.165, 1.54) is 25.7 Å². The first-order chi connectivity index (χ1) is 9.95. The van der Waals surface area contributed by atoms with E-state index in [1.807, 2.05) is 7.05 Å². The van der Waals surface area contributed by atoms with Gasteiger partial charge in [-0.05, 0) is 44.1 Å². The number of hydrogen-bond acceptors (Lipinski definition) is 3. The molecule has 3 atom stereocenters. The zero-order valence-corrected chi connectivity index (χ0v) is 14.2. The number of nitrogens with zero attached hydrogens (tertiary/aromatic N) is 2. The molecule has 2 saturated carbocycles. The molecule has 2 aliphatic rings. The van der Waals surface area contributed by atoms with Crippen LogP contribution in [-0.4, -0.2) is 54.4 Å². The van der Waals surface area contributed by atoms with Crippen LogP contribution in [0.1, 0.15) is 38.5 Å². The second-order valence-corrected chi connectivity index (χ2v) is 7.50. The van der Waals surface area contributed by atoms with E-state index in [9.17, 15) is 4.79 Å². The standard InChI is InChI=1S/C16H29N3OS/c1-18(11-14-10-12-3-4-13(14)9-12)7-6-16(20)19(2)8-5-15(17)21/h12-14H,3-11H2,1-2H3,(H2,17,21). The summed E-state index contributed by atoms with van der Waals surface area (Å²) < 4.78 is 0. The van der Waals surface area contributed by atoms with Gasteiger partial charge in [-0.1, -0.05) is 18.6 Å². The summed E-state index contributed by atoms with van der Waals surface area (Å²) in [6.45, 7) is 2.64. The SMILES string of the molecule is CN(CCC(=O)N(C)CCC(N)=S)CC1CC2CCC1C2. The molecule has 0 aliphatic heterocycles. The van der Waals surface area contributed by atoms with Gasteiger partial charge >= 0.3 is 0 Å². The van der Waals surface area contributed by atoms with Gasteiger partial charge in [0.25, 0.3) is 0 Å². The zero-order valence-electron chi connectivity index (χ0n) is 13.4. The van der Waals surface area contributed by atoms with E-state index in [-0.39, 0.29) is 5.91 Å². The Morgan fingerprint density at radius 1 is 1.19 bits per heavy atom. The number of fused-ring (bicyclic) bond motifs is 2. The zero-order chi connectivity index (χ0) is 15.4. The van der Waals surface area contributed by atoms with Crippen molar-refractivity contribution < 1.29 is 4.79 Å². The van der Waals surface area contributed by atoms with E-state index in [2.05, 4.69) is 11.9 Å². The number of rotatable bonds is 8. The second-order valence-electron chi connectivity index (χ2n) is 6.98. The number of carbonyl (C=O) groups is 1. The van der Waals surface area contributed by atoms with Crippen LogP contribution in [0.2, 0.25) is 0 Å². The minimum atomic E-state index is 0.186. The van der Waals surface area contributed by atoms with Crippen LogP contribution in [0.3, 0.4) is 0 Å². The molecule has 0 heterocycles. The summed E-state index contributed by atoms with van der Waals surface area (Å²) in [5, 5.41) is 0. The maximum atomic E-state index is 12.0. The Labute approximate surface area is 134 Å². The predicted molar refractivity (Wildman–Crippen MR) is 90.1 cm³/mol. The molecule has 2 N–H and O–H groups in total. The van der Waals surface area contributed by atoms with Crippen molar-refractivity contribution in [2.45, 2.75) is 38.5 Å². The van der Waals surface area contributed by atoms with Crippen LogP contribution >= 0.6 is 12.2 Å². The van der Waals surface area contributed by atoms with E-state index in [0.717, 1.165) is 30.8 Å². The molecule has 2 aliphatic carbocycles. The van der Waals surface area contributed by atoms with Gasteiger partial charge in [-0.25, -0.2) is 0 Å². The first-order valence-electron chi connectivity index (χ1n) is 8.16. The number of amides is 1. The third-order valence-corrected chi connectivity index (χ3v) is 5.46. The first-order valence-corrected chi connectivity index (χ1v) is 8.57. The van der Waals surface area contributed by atoms with Gasteiger partial charge in [-0.3, -0.25) is 4.79 Å². The van der Waals surface area contributed by atoms with E-state index >= 15 is 0 Å². The molecule has 0 radical (unpaired) electrons. The Morgan fingerprint density at radius 2 is 1.95 bits per heavy atom. The fourth-order valence-electron chi connectivity index (χ4n) is 3.97. The monoisotopic (exact) mass is 311 g/mol. The topological polar surface area (TPSA) is 49.6 Å². The maximum absolute atomic E-state index is 12.0. The number of thiocarbonyl (C=S) groups is 1. The smallest absolute Gasteiger partial charge is 0.223 e. The Morgan fingerprint density at radius 3 is 2.52 bits per heavy atom. The normalized spacial score (nSPS) is 27.3. The molecule has 0 saturated heterocycles. The second kappa shape index (κ2) is 7.54. The highest BCUT2D eigenvalue weighted by Crippen LogP contribution is 2.48. The van der Waals surface area contributed by atoms with Crippen molar-refractivity contribution in [2.75, 3.05) is 33.7 Å². The number of carbonyl (C=O) groups excluding carboxylic acids is 1. The minimum absolute atomic E-state index is 0.186. The molecule has 2 rings (SSSR count). The van der Waals surface area contributed by atoms with Crippen LogP contribution in [-0.2, 0) is 4.79 Å². The molecular formula is C16H29N3OS. The Bertz CT molecular complexity index is 388. The van der Waals surface area contributed by atoms with Gasteiger partial charge in [-0.15, -0.1) is 0 Å². The lowest BCUT2D eigenvalue weighted by molar-refractivity contribution is -0.130. The van der Waals surface area contributed by atoms with Crippen molar-refractivity contribution in [1.29, 1.82) is 0 Å². The van der Waals surface area contributed by atoms with Gasteiger partial charge in [-0.2, -0.15) is 0 Å².